The predicted molar refractivity (Wildman–Crippen MR) is 132 cm³/mol. The van der Waals surface area contributed by atoms with Gasteiger partial charge in [-0.05, 0) is 82.5 Å². The molecule has 2 aromatic carbocycles. The molecule has 0 saturated carbocycles. The molecule has 5 nitrogen and oxygen atoms in total. The first-order chi connectivity index (χ1) is 15.5. The Labute approximate surface area is 192 Å². The highest BCUT2D eigenvalue weighted by Crippen LogP contribution is 2.29. The summed E-state index contributed by atoms with van der Waals surface area (Å²) in [5, 5.41) is 0. The molecular formula is C27H35N3O2. The smallest absolute Gasteiger partial charge is 0.119 e. The lowest BCUT2D eigenvalue weighted by atomic mass is 10.0. The van der Waals surface area contributed by atoms with Crippen LogP contribution in [0.1, 0.15) is 12.8 Å². The van der Waals surface area contributed by atoms with Crippen LogP contribution < -0.4 is 9.47 Å². The molecule has 1 heterocycles. The fraction of sp³-hybridized carbons (Fsp3) is 0.370. The second kappa shape index (κ2) is 12.2. The Morgan fingerprint density at radius 3 is 1.53 bits per heavy atom. The van der Waals surface area contributed by atoms with Crippen molar-refractivity contribution in [2.24, 2.45) is 0 Å². The zero-order chi connectivity index (χ0) is 22.8. The van der Waals surface area contributed by atoms with E-state index in [0.717, 1.165) is 59.7 Å². The number of hydrogen-bond donors (Lipinski definition) is 0. The van der Waals surface area contributed by atoms with Gasteiger partial charge in [0.1, 0.15) is 11.5 Å². The summed E-state index contributed by atoms with van der Waals surface area (Å²) >= 11 is 0. The van der Waals surface area contributed by atoms with Crippen LogP contribution in [0.3, 0.4) is 0 Å². The lowest BCUT2D eigenvalue weighted by Crippen LogP contribution is -2.15. The topological polar surface area (TPSA) is 37.8 Å². The normalized spacial score (nSPS) is 11.2. The third-order valence-corrected chi connectivity index (χ3v) is 5.11. The van der Waals surface area contributed by atoms with Crippen LogP contribution in [0.2, 0.25) is 0 Å². The van der Waals surface area contributed by atoms with Crippen LogP contribution in [0.25, 0.3) is 22.3 Å². The first-order valence-electron chi connectivity index (χ1n) is 11.2. The summed E-state index contributed by atoms with van der Waals surface area (Å²) in [6.07, 6.45) is 5.80. The van der Waals surface area contributed by atoms with E-state index in [2.05, 4.69) is 73.3 Å². The molecule has 3 aromatic rings. The van der Waals surface area contributed by atoms with Crippen LogP contribution in [0, 0.1) is 0 Å². The van der Waals surface area contributed by atoms with Crippen LogP contribution in [0.4, 0.5) is 0 Å². The van der Waals surface area contributed by atoms with E-state index in [1.165, 1.54) is 0 Å². The number of pyridine rings is 1. The molecule has 0 bridgehead atoms. The van der Waals surface area contributed by atoms with Gasteiger partial charge >= 0.3 is 0 Å². The van der Waals surface area contributed by atoms with Crippen molar-refractivity contribution in [1.82, 2.24) is 14.8 Å². The Hall–Kier alpha value is -2.89. The molecule has 5 heteroatoms. The van der Waals surface area contributed by atoms with Gasteiger partial charge in [-0.3, -0.25) is 4.98 Å². The second-order valence-corrected chi connectivity index (χ2v) is 8.53. The molecule has 0 aliphatic rings. The van der Waals surface area contributed by atoms with Crippen molar-refractivity contribution in [2.75, 3.05) is 54.5 Å². The van der Waals surface area contributed by atoms with E-state index >= 15 is 0 Å². The van der Waals surface area contributed by atoms with Crippen molar-refractivity contribution in [3.8, 4) is 33.8 Å². The van der Waals surface area contributed by atoms with Crippen LogP contribution in [0.15, 0.2) is 67.0 Å². The summed E-state index contributed by atoms with van der Waals surface area (Å²) in [4.78, 5) is 8.83. The van der Waals surface area contributed by atoms with Gasteiger partial charge in [0.05, 0.1) is 13.2 Å². The molecule has 0 amide bonds. The maximum atomic E-state index is 5.94. The Morgan fingerprint density at radius 2 is 1.09 bits per heavy atom. The van der Waals surface area contributed by atoms with Crippen molar-refractivity contribution in [3.63, 3.8) is 0 Å². The van der Waals surface area contributed by atoms with E-state index in [9.17, 15) is 0 Å². The van der Waals surface area contributed by atoms with Crippen molar-refractivity contribution in [3.05, 3.63) is 67.0 Å². The number of aromatic nitrogens is 1. The zero-order valence-corrected chi connectivity index (χ0v) is 19.8. The van der Waals surface area contributed by atoms with Gasteiger partial charge in [0.15, 0.2) is 0 Å². The number of ether oxygens (including phenoxy) is 2. The lowest BCUT2D eigenvalue weighted by Gasteiger charge is -2.12. The van der Waals surface area contributed by atoms with Crippen molar-refractivity contribution < 1.29 is 9.47 Å². The molecule has 3 rings (SSSR count). The molecule has 0 N–H and O–H groups in total. The molecule has 0 unspecified atom stereocenters. The number of benzene rings is 2. The van der Waals surface area contributed by atoms with Gasteiger partial charge in [0, 0.05) is 36.6 Å². The fourth-order valence-corrected chi connectivity index (χ4v) is 3.43. The van der Waals surface area contributed by atoms with Gasteiger partial charge in [-0.15, -0.1) is 0 Å². The predicted octanol–water partition coefficient (Wildman–Crippen LogP) is 5.08. The summed E-state index contributed by atoms with van der Waals surface area (Å²) < 4.78 is 11.9. The number of rotatable bonds is 12. The summed E-state index contributed by atoms with van der Waals surface area (Å²) in [7, 11) is 8.31. The zero-order valence-electron chi connectivity index (χ0n) is 19.8. The van der Waals surface area contributed by atoms with E-state index in [1.807, 2.05) is 36.7 Å². The van der Waals surface area contributed by atoms with Crippen LogP contribution in [-0.4, -0.2) is 69.3 Å². The van der Waals surface area contributed by atoms with Crippen molar-refractivity contribution in [2.45, 2.75) is 12.8 Å². The average Bonchev–Trinajstić information content (AvgIpc) is 2.80. The van der Waals surface area contributed by atoms with Crippen molar-refractivity contribution >= 4 is 0 Å². The van der Waals surface area contributed by atoms with Gasteiger partial charge in [-0.25, -0.2) is 0 Å². The average molecular weight is 434 g/mol. The minimum absolute atomic E-state index is 0.710. The summed E-state index contributed by atoms with van der Waals surface area (Å²) in [6.45, 7) is 3.46. The van der Waals surface area contributed by atoms with Crippen LogP contribution >= 0.6 is 0 Å². The first-order valence-corrected chi connectivity index (χ1v) is 11.2. The van der Waals surface area contributed by atoms with Gasteiger partial charge < -0.3 is 19.3 Å². The molecule has 0 fully saturated rings. The van der Waals surface area contributed by atoms with Crippen LogP contribution in [-0.2, 0) is 0 Å². The summed E-state index contributed by atoms with van der Waals surface area (Å²) in [5.74, 6) is 1.78. The molecule has 0 aliphatic carbocycles. The van der Waals surface area contributed by atoms with Gasteiger partial charge in [-0.1, -0.05) is 24.3 Å². The molecule has 0 spiro atoms. The Bertz CT molecular complexity index is 898. The maximum Gasteiger partial charge on any atom is 0.119 e. The second-order valence-electron chi connectivity index (χ2n) is 8.53. The standard InChI is InChI=1S/C27H35N3O2/c1-29(2)13-7-15-31-26-11-5-9-22(18-26)24-17-25(21-28-20-24)23-10-6-12-27(19-23)32-16-8-14-30(3)4/h5-6,9-12,17-21H,7-8,13-16H2,1-4H3. The summed E-state index contributed by atoms with van der Waals surface area (Å²) in [5.41, 5.74) is 4.33. The molecule has 32 heavy (non-hydrogen) atoms. The minimum atomic E-state index is 0.710. The van der Waals surface area contributed by atoms with E-state index in [4.69, 9.17) is 9.47 Å². The minimum Gasteiger partial charge on any atom is -0.494 e. The van der Waals surface area contributed by atoms with E-state index in [1.54, 1.807) is 0 Å². The molecule has 1 aromatic heterocycles. The van der Waals surface area contributed by atoms with Crippen molar-refractivity contribution in [1.29, 1.82) is 0 Å². The highest BCUT2D eigenvalue weighted by molar-refractivity contribution is 5.73. The lowest BCUT2D eigenvalue weighted by molar-refractivity contribution is 0.281. The highest BCUT2D eigenvalue weighted by Gasteiger charge is 2.06. The third-order valence-electron chi connectivity index (χ3n) is 5.11. The van der Waals surface area contributed by atoms with Gasteiger partial charge in [0.2, 0.25) is 0 Å². The summed E-state index contributed by atoms with van der Waals surface area (Å²) in [6, 6.07) is 18.6. The molecular weight excluding hydrogens is 398 g/mol. The fourth-order valence-electron chi connectivity index (χ4n) is 3.43. The molecule has 0 radical (unpaired) electrons. The third kappa shape index (κ3) is 7.66. The van der Waals surface area contributed by atoms with Gasteiger partial charge in [0.25, 0.3) is 0 Å². The van der Waals surface area contributed by atoms with E-state index in [-0.39, 0.29) is 0 Å². The molecule has 170 valence electrons. The Morgan fingerprint density at radius 1 is 0.625 bits per heavy atom. The van der Waals surface area contributed by atoms with Gasteiger partial charge in [-0.2, -0.15) is 0 Å². The first kappa shape index (κ1) is 23.8. The molecule has 0 atom stereocenters. The highest BCUT2D eigenvalue weighted by atomic mass is 16.5. The van der Waals surface area contributed by atoms with E-state index < -0.39 is 0 Å². The monoisotopic (exact) mass is 433 g/mol. The molecule has 0 aliphatic heterocycles. The quantitative estimate of drug-likeness (QED) is 0.373. The SMILES string of the molecule is CN(C)CCCOc1cccc(-c2cncc(-c3cccc(OCCCN(C)C)c3)c2)c1. The number of nitrogens with zero attached hydrogens (tertiary/aromatic N) is 3. The molecule has 0 saturated heterocycles. The maximum absolute atomic E-state index is 5.94. The Kier molecular flexibility index (Phi) is 9.08. The Balaban J connectivity index is 1.68. The van der Waals surface area contributed by atoms with E-state index in [0.29, 0.717) is 13.2 Å². The largest absolute Gasteiger partial charge is 0.494 e. The number of hydrogen-bond acceptors (Lipinski definition) is 5. The van der Waals surface area contributed by atoms with Crippen LogP contribution in [0.5, 0.6) is 11.5 Å².